The predicted octanol–water partition coefficient (Wildman–Crippen LogP) is 20.9. The summed E-state index contributed by atoms with van der Waals surface area (Å²) in [6.07, 6.45) is 67.9. The van der Waals surface area contributed by atoms with E-state index in [2.05, 4.69) is 32.9 Å². The molecule has 0 amide bonds. The van der Waals surface area contributed by atoms with Crippen LogP contribution < -0.4 is 0 Å². The van der Waals surface area contributed by atoms with Gasteiger partial charge in [-0.2, -0.15) is 0 Å². The van der Waals surface area contributed by atoms with Gasteiger partial charge in [0.2, 0.25) is 0 Å². The highest BCUT2D eigenvalue weighted by Crippen LogP contribution is 2.18. The standard InChI is InChI=1S/C63H120O6/c1-4-7-10-13-16-19-22-25-27-28-29-30-31-32-33-34-36-38-41-44-47-50-53-56-62(65)68-59-60(58-67-61(64)55-52-49-46-43-40-37-24-21-18-15-12-9-6-3)69-63(66)57-54-51-48-45-42-39-35-26-23-20-17-14-11-8-5-2/h21,24,60H,4-20,22-23,25-59H2,1-3H3/b24-21-. The van der Waals surface area contributed by atoms with E-state index in [1.807, 2.05) is 0 Å². The second-order valence-corrected chi connectivity index (χ2v) is 21.3. The van der Waals surface area contributed by atoms with Gasteiger partial charge in [-0.1, -0.05) is 303 Å². The van der Waals surface area contributed by atoms with Crippen molar-refractivity contribution in [2.24, 2.45) is 0 Å². The van der Waals surface area contributed by atoms with Gasteiger partial charge in [-0.3, -0.25) is 14.4 Å². The number of unbranched alkanes of at least 4 members (excludes halogenated alkanes) is 45. The van der Waals surface area contributed by atoms with Crippen molar-refractivity contribution in [1.82, 2.24) is 0 Å². The smallest absolute Gasteiger partial charge is 0.306 e. The Hall–Kier alpha value is -1.85. The molecule has 408 valence electrons. The quantitative estimate of drug-likeness (QED) is 0.0261. The summed E-state index contributed by atoms with van der Waals surface area (Å²) in [5.74, 6) is -0.848. The molecule has 0 saturated heterocycles. The molecule has 0 aliphatic rings. The second kappa shape index (κ2) is 58.7. The van der Waals surface area contributed by atoms with Crippen molar-refractivity contribution < 1.29 is 28.6 Å². The third kappa shape index (κ3) is 56.9. The first-order valence-corrected chi connectivity index (χ1v) is 31.2. The van der Waals surface area contributed by atoms with E-state index >= 15 is 0 Å². The van der Waals surface area contributed by atoms with Gasteiger partial charge in [0.15, 0.2) is 6.10 Å². The first kappa shape index (κ1) is 67.1. The Morgan fingerprint density at radius 3 is 0.739 bits per heavy atom. The Morgan fingerprint density at radius 2 is 0.478 bits per heavy atom. The zero-order valence-corrected chi connectivity index (χ0v) is 46.9. The largest absolute Gasteiger partial charge is 0.462 e. The Labute approximate surface area is 431 Å². The first-order chi connectivity index (χ1) is 34.0. The molecule has 0 aromatic rings. The van der Waals surface area contributed by atoms with Gasteiger partial charge in [0.05, 0.1) is 0 Å². The third-order valence-corrected chi connectivity index (χ3v) is 14.3. The second-order valence-electron chi connectivity index (χ2n) is 21.3. The van der Waals surface area contributed by atoms with Crippen LogP contribution in [-0.4, -0.2) is 37.2 Å². The van der Waals surface area contributed by atoms with Crippen molar-refractivity contribution in [2.75, 3.05) is 13.2 Å². The summed E-state index contributed by atoms with van der Waals surface area (Å²) in [4.78, 5) is 38.2. The highest BCUT2D eigenvalue weighted by molar-refractivity contribution is 5.71. The van der Waals surface area contributed by atoms with E-state index in [0.29, 0.717) is 19.3 Å². The van der Waals surface area contributed by atoms with Crippen molar-refractivity contribution in [3.63, 3.8) is 0 Å². The maximum atomic E-state index is 12.9. The zero-order chi connectivity index (χ0) is 50.0. The number of hydrogen-bond donors (Lipinski definition) is 0. The van der Waals surface area contributed by atoms with Crippen LogP contribution >= 0.6 is 0 Å². The molecular formula is C63H120O6. The molecule has 0 N–H and O–H groups in total. The van der Waals surface area contributed by atoms with E-state index in [4.69, 9.17) is 14.2 Å². The van der Waals surface area contributed by atoms with Crippen molar-refractivity contribution in [2.45, 2.75) is 361 Å². The molecule has 1 unspecified atom stereocenters. The van der Waals surface area contributed by atoms with Crippen LogP contribution in [0.4, 0.5) is 0 Å². The lowest BCUT2D eigenvalue weighted by Gasteiger charge is -2.18. The molecule has 0 spiro atoms. The minimum Gasteiger partial charge on any atom is -0.462 e. The van der Waals surface area contributed by atoms with Gasteiger partial charge in [0.1, 0.15) is 13.2 Å². The summed E-state index contributed by atoms with van der Waals surface area (Å²) in [5, 5.41) is 0. The van der Waals surface area contributed by atoms with Crippen LogP contribution in [0.2, 0.25) is 0 Å². The van der Waals surface area contributed by atoms with Crippen LogP contribution in [0.15, 0.2) is 12.2 Å². The molecule has 0 aromatic heterocycles. The van der Waals surface area contributed by atoms with E-state index in [-0.39, 0.29) is 31.1 Å². The Bertz CT molecular complexity index is 1070. The van der Waals surface area contributed by atoms with Crippen LogP contribution in [0, 0.1) is 0 Å². The average Bonchev–Trinajstić information content (AvgIpc) is 3.35. The molecule has 0 bridgehead atoms. The van der Waals surface area contributed by atoms with Gasteiger partial charge in [0.25, 0.3) is 0 Å². The van der Waals surface area contributed by atoms with Gasteiger partial charge >= 0.3 is 17.9 Å². The lowest BCUT2D eigenvalue weighted by atomic mass is 10.0. The van der Waals surface area contributed by atoms with Gasteiger partial charge < -0.3 is 14.2 Å². The number of esters is 3. The maximum absolute atomic E-state index is 12.9. The lowest BCUT2D eigenvalue weighted by Crippen LogP contribution is -2.30. The average molecular weight is 974 g/mol. The van der Waals surface area contributed by atoms with E-state index in [0.717, 1.165) is 64.2 Å². The minimum absolute atomic E-state index is 0.0662. The summed E-state index contributed by atoms with van der Waals surface area (Å²) < 4.78 is 16.9. The highest BCUT2D eigenvalue weighted by Gasteiger charge is 2.19. The Morgan fingerprint density at radius 1 is 0.275 bits per heavy atom. The van der Waals surface area contributed by atoms with Gasteiger partial charge in [0, 0.05) is 19.3 Å². The fourth-order valence-electron chi connectivity index (χ4n) is 9.56. The molecule has 0 saturated carbocycles. The SMILES string of the molecule is CCCCCC/C=C\CCCCCCCC(=O)OCC(COC(=O)CCCCCCCCCCCCCCCCCCCCCCCCC)OC(=O)CCCCCCCCCCCCCCCCC. The first-order valence-electron chi connectivity index (χ1n) is 31.2. The monoisotopic (exact) mass is 973 g/mol. The molecule has 0 fully saturated rings. The third-order valence-electron chi connectivity index (χ3n) is 14.3. The number of hydrogen-bond acceptors (Lipinski definition) is 6. The van der Waals surface area contributed by atoms with Crippen molar-refractivity contribution in [1.29, 1.82) is 0 Å². The summed E-state index contributed by atoms with van der Waals surface area (Å²) in [7, 11) is 0. The topological polar surface area (TPSA) is 78.9 Å². The summed E-state index contributed by atoms with van der Waals surface area (Å²) in [6.45, 7) is 6.69. The Balaban J connectivity index is 4.22. The molecule has 69 heavy (non-hydrogen) atoms. The van der Waals surface area contributed by atoms with E-state index in [1.54, 1.807) is 0 Å². The van der Waals surface area contributed by atoms with Crippen LogP contribution in [0.3, 0.4) is 0 Å². The van der Waals surface area contributed by atoms with Crippen molar-refractivity contribution in [3.8, 4) is 0 Å². The van der Waals surface area contributed by atoms with Gasteiger partial charge in [-0.15, -0.1) is 0 Å². The summed E-state index contributed by atoms with van der Waals surface area (Å²) in [5.41, 5.74) is 0. The van der Waals surface area contributed by atoms with E-state index < -0.39 is 6.10 Å². The molecule has 0 aliphatic carbocycles. The van der Waals surface area contributed by atoms with Crippen LogP contribution in [0.25, 0.3) is 0 Å². The molecule has 6 heteroatoms. The van der Waals surface area contributed by atoms with E-state index in [1.165, 1.54) is 250 Å². The molecule has 0 aliphatic heterocycles. The van der Waals surface area contributed by atoms with Gasteiger partial charge in [-0.25, -0.2) is 0 Å². The van der Waals surface area contributed by atoms with E-state index in [9.17, 15) is 14.4 Å². The van der Waals surface area contributed by atoms with Crippen LogP contribution in [-0.2, 0) is 28.6 Å². The minimum atomic E-state index is -0.768. The fraction of sp³-hybridized carbons (Fsp3) is 0.921. The molecule has 6 nitrogen and oxygen atoms in total. The molecule has 0 heterocycles. The number of carbonyl (C=O) groups is 3. The normalized spacial score (nSPS) is 12.0. The number of carbonyl (C=O) groups excluding carboxylic acids is 3. The zero-order valence-electron chi connectivity index (χ0n) is 46.9. The number of rotatable bonds is 58. The fourth-order valence-corrected chi connectivity index (χ4v) is 9.56. The molecule has 0 radical (unpaired) electrons. The lowest BCUT2D eigenvalue weighted by molar-refractivity contribution is -0.167. The molecular weight excluding hydrogens is 853 g/mol. The summed E-state index contributed by atoms with van der Waals surface area (Å²) >= 11 is 0. The van der Waals surface area contributed by atoms with Crippen molar-refractivity contribution >= 4 is 17.9 Å². The maximum Gasteiger partial charge on any atom is 0.306 e. The van der Waals surface area contributed by atoms with Crippen LogP contribution in [0.5, 0.6) is 0 Å². The highest BCUT2D eigenvalue weighted by atomic mass is 16.6. The molecule has 0 rings (SSSR count). The molecule has 1 atom stereocenters. The number of allylic oxidation sites excluding steroid dienone is 2. The number of ether oxygens (including phenoxy) is 3. The Kier molecular flexibility index (Phi) is 57.1. The summed E-state index contributed by atoms with van der Waals surface area (Å²) in [6, 6.07) is 0. The predicted molar refractivity (Wildman–Crippen MR) is 298 cm³/mol. The van der Waals surface area contributed by atoms with Crippen LogP contribution in [0.1, 0.15) is 355 Å². The van der Waals surface area contributed by atoms with Gasteiger partial charge in [-0.05, 0) is 44.9 Å². The molecule has 0 aromatic carbocycles. The van der Waals surface area contributed by atoms with Crippen molar-refractivity contribution in [3.05, 3.63) is 12.2 Å².